The first kappa shape index (κ1) is 13.7. The molecule has 0 saturated carbocycles. The Kier molecular flexibility index (Phi) is 3.94. The molecule has 0 atom stereocenters. The van der Waals surface area contributed by atoms with E-state index >= 15 is 0 Å². The standard InChI is InChI=1S/C13H10ClN5OS/c14-10-3-1-9(2-4-10)11-7-19(18-17-11)8-12(20)16-13-15-5-6-21-13/h1-7H,8H2,(H,15,16,20). The number of amides is 1. The molecule has 0 unspecified atom stereocenters. The number of aromatic nitrogens is 4. The van der Waals surface area contributed by atoms with Gasteiger partial charge in [-0.3, -0.25) is 4.79 Å². The second-order valence-corrected chi connectivity index (χ2v) is 5.52. The Hall–Kier alpha value is -2.25. The van der Waals surface area contributed by atoms with Gasteiger partial charge in [0.15, 0.2) is 5.13 Å². The van der Waals surface area contributed by atoms with Gasteiger partial charge in [0.05, 0.1) is 6.20 Å². The maximum absolute atomic E-state index is 11.8. The van der Waals surface area contributed by atoms with Gasteiger partial charge in [0, 0.05) is 22.2 Å². The van der Waals surface area contributed by atoms with E-state index in [4.69, 9.17) is 11.6 Å². The molecule has 3 rings (SSSR count). The van der Waals surface area contributed by atoms with Crippen LogP contribution in [-0.4, -0.2) is 25.9 Å². The zero-order chi connectivity index (χ0) is 14.7. The third-order valence-corrected chi connectivity index (χ3v) is 3.60. The highest BCUT2D eigenvalue weighted by molar-refractivity contribution is 7.13. The van der Waals surface area contributed by atoms with Gasteiger partial charge in [0.2, 0.25) is 5.91 Å². The summed E-state index contributed by atoms with van der Waals surface area (Å²) in [4.78, 5) is 15.8. The minimum absolute atomic E-state index is 0.0835. The molecule has 3 aromatic rings. The van der Waals surface area contributed by atoms with Crippen LogP contribution in [0.15, 0.2) is 42.0 Å². The topological polar surface area (TPSA) is 72.7 Å². The first-order valence-corrected chi connectivity index (χ1v) is 7.32. The molecule has 21 heavy (non-hydrogen) atoms. The van der Waals surface area contributed by atoms with Crippen molar-refractivity contribution in [1.82, 2.24) is 20.0 Å². The average molecular weight is 320 g/mol. The highest BCUT2D eigenvalue weighted by atomic mass is 35.5. The molecule has 0 spiro atoms. The summed E-state index contributed by atoms with van der Waals surface area (Å²) in [6.45, 7) is 0.0835. The van der Waals surface area contributed by atoms with Crippen molar-refractivity contribution in [3.8, 4) is 11.3 Å². The molecule has 1 N–H and O–H groups in total. The summed E-state index contributed by atoms with van der Waals surface area (Å²) in [5.41, 5.74) is 1.58. The lowest BCUT2D eigenvalue weighted by atomic mass is 10.2. The molecule has 0 aliphatic carbocycles. The van der Waals surface area contributed by atoms with Gasteiger partial charge in [0.1, 0.15) is 12.2 Å². The first-order chi connectivity index (χ1) is 10.2. The molecule has 0 aliphatic heterocycles. The summed E-state index contributed by atoms with van der Waals surface area (Å²) in [5, 5.41) is 13.7. The SMILES string of the molecule is O=C(Cn1cc(-c2ccc(Cl)cc2)nn1)Nc1nccs1. The van der Waals surface area contributed by atoms with Crippen LogP contribution in [0, 0.1) is 0 Å². The van der Waals surface area contributed by atoms with Crippen molar-refractivity contribution < 1.29 is 4.79 Å². The van der Waals surface area contributed by atoms with Crippen molar-refractivity contribution in [1.29, 1.82) is 0 Å². The quantitative estimate of drug-likeness (QED) is 0.802. The van der Waals surface area contributed by atoms with Gasteiger partial charge in [-0.05, 0) is 12.1 Å². The smallest absolute Gasteiger partial charge is 0.247 e. The number of thiazole rings is 1. The second-order valence-electron chi connectivity index (χ2n) is 4.19. The molecule has 0 bridgehead atoms. The molecular formula is C13H10ClN5OS. The highest BCUT2D eigenvalue weighted by Gasteiger charge is 2.08. The molecule has 0 radical (unpaired) electrons. The molecular weight excluding hydrogens is 310 g/mol. The van der Waals surface area contributed by atoms with Crippen LogP contribution in [0.4, 0.5) is 5.13 Å². The summed E-state index contributed by atoms with van der Waals surface area (Å²) in [7, 11) is 0. The van der Waals surface area contributed by atoms with Gasteiger partial charge in [-0.15, -0.1) is 16.4 Å². The van der Waals surface area contributed by atoms with Crippen LogP contribution in [0.3, 0.4) is 0 Å². The van der Waals surface area contributed by atoms with Crippen LogP contribution >= 0.6 is 22.9 Å². The lowest BCUT2D eigenvalue weighted by Gasteiger charge is -2.00. The number of carbonyl (C=O) groups is 1. The Bertz CT molecular complexity index is 738. The van der Waals surface area contributed by atoms with E-state index in [1.807, 2.05) is 12.1 Å². The fraction of sp³-hybridized carbons (Fsp3) is 0.0769. The van der Waals surface area contributed by atoms with Gasteiger partial charge in [0.25, 0.3) is 0 Å². The predicted molar refractivity (Wildman–Crippen MR) is 81.2 cm³/mol. The summed E-state index contributed by atoms with van der Waals surface area (Å²) >= 11 is 7.21. The first-order valence-electron chi connectivity index (χ1n) is 6.06. The lowest BCUT2D eigenvalue weighted by Crippen LogP contribution is -2.18. The Balaban J connectivity index is 1.67. The van der Waals surface area contributed by atoms with E-state index < -0.39 is 0 Å². The summed E-state index contributed by atoms with van der Waals surface area (Å²) in [6.07, 6.45) is 3.35. The van der Waals surface area contributed by atoms with Gasteiger partial charge in [-0.2, -0.15) is 0 Å². The molecule has 2 heterocycles. The molecule has 1 amide bonds. The van der Waals surface area contributed by atoms with Gasteiger partial charge < -0.3 is 5.32 Å². The van der Waals surface area contributed by atoms with E-state index in [-0.39, 0.29) is 12.5 Å². The summed E-state index contributed by atoms with van der Waals surface area (Å²) < 4.78 is 1.48. The Morgan fingerprint density at radius 3 is 2.86 bits per heavy atom. The number of benzene rings is 1. The summed E-state index contributed by atoms with van der Waals surface area (Å²) in [5.74, 6) is -0.197. The van der Waals surface area contributed by atoms with Crippen LogP contribution < -0.4 is 5.32 Å². The van der Waals surface area contributed by atoms with E-state index in [0.717, 1.165) is 5.56 Å². The fourth-order valence-electron chi connectivity index (χ4n) is 1.72. The fourth-order valence-corrected chi connectivity index (χ4v) is 2.39. The highest BCUT2D eigenvalue weighted by Crippen LogP contribution is 2.18. The Morgan fingerprint density at radius 1 is 1.33 bits per heavy atom. The predicted octanol–water partition coefficient (Wildman–Crippen LogP) is 2.69. The molecule has 0 aliphatic rings. The lowest BCUT2D eigenvalue weighted by molar-refractivity contribution is -0.116. The molecule has 106 valence electrons. The van der Waals surface area contributed by atoms with Crippen LogP contribution in [-0.2, 0) is 11.3 Å². The van der Waals surface area contributed by atoms with Crippen molar-refractivity contribution in [3.63, 3.8) is 0 Å². The van der Waals surface area contributed by atoms with Gasteiger partial charge in [-0.1, -0.05) is 28.9 Å². The largest absolute Gasteiger partial charge is 0.300 e. The van der Waals surface area contributed by atoms with Crippen LogP contribution in [0.25, 0.3) is 11.3 Å². The number of hydrogen-bond donors (Lipinski definition) is 1. The molecule has 0 saturated heterocycles. The van der Waals surface area contributed by atoms with Crippen LogP contribution in [0.1, 0.15) is 0 Å². The van der Waals surface area contributed by atoms with E-state index in [1.54, 1.807) is 29.9 Å². The molecule has 6 nitrogen and oxygen atoms in total. The average Bonchev–Trinajstić information content (AvgIpc) is 3.11. The number of nitrogens with one attached hydrogen (secondary N) is 1. The third-order valence-electron chi connectivity index (χ3n) is 2.66. The van der Waals surface area contributed by atoms with Crippen LogP contribution in [0.5, 0.6) is 0 Å². The maximum atomic E-state index is 11.8. The van der Waals surface area contributed by atoms with Gasteiger partial charge in [-0.25, -0.2) is 9.67 Å². The van der Waals surface area contributed by atoms with Crippen molar-refractivity contribution in [2.24, 2.45) is 0 Å². The number of halogens is 1. The number of anilines is 1. The van der Waals surface area contributed by atoms with Gasteiger partial charge >= 0.3 is 0 Å². The molecule has 2 aromatic heterocycles. The zero-order valence-electron chi connectivity index (χ0n) is 10.7. The number of carbonyl (C=O) groups excluding carboxylic acids is 1. The molecule has 8 heteroatoms. The van der Waals surface area contributed by atoms with E-state index in [9.17, 15) is 4.79 Å². The number of rotatable bonds is 4. The second kappa shape index (κ2) is 6.02. The van der Waals surface area contributed by atoms with E-state index in [1.165, 1.54) is 16.0 Å². The Morgan fingerprint density at radius 2 is 2.14 bits per heavy atom. The van der Waals surface area contributed by atoms with E-state index in [2.05, 4.69) is 20.6 Å². The van der Waals surface area contributed by atoms with Crippen molar-refractivity contribution >= 4 is 34.0 Å². The molecule has 0 fully saturated rings. The zero-order valence-corrected chi connectivity index (χ0v) is 12.3. The van der Waals surface area contributed by atoms with Crippen LogP contribution in [0.2, 0.25) is 5.02 Å². The monoisotopic (exact) mass is 319 g/mol. The Labute approximate surface area is 129 Å². The number of hydrogen-bond acceptors (Lipinski definition) is 5. The van der Waals surface area contributed by atoms with Crippen molar-refractivity contribution in [3.05, 3.63) is 47.1 Å². The van der Waals surface area contributed by atoms with Crippen molar-refractivity contribution in [2.45, 2.75) is 6.54 Å². The number of nitrogens with zero attached hydrogens (tertiary/aromatic N) is 4. The third kappa shape index (κ3) is 3.45. The maximum Gasteiger partial charge on any atom is 0.247 e. The minimum Gasteiger partial charge on any atom is -0.300 e. The van der Waals surface area contributed by atoms with E-state index in [0.29, 0.717) is 15.8 Å². The normalized spacial score (nSPS) is 10.5. The minimum atomic E-state index is -0.197. The summed E-state index contributed by atoms with van der Waals surface area (Å²) in [6, 6.07) is 7.27. The van der Waals surface area contributed by atoms with Crippen molar-refractivity contribution in [2.75, 3.05) is 5.32 Å². The molecule has 1 aromatic carbocycles.